The first-order valence-electron chi connectivity index (χ1n) is 11.8. The summed E-state index contributed by atoms with van der Waals surface area (Å²) in [5.41, 5.74) is 1.97. The number of nitrogens with one attached hydrogen (secondary N) is 1. The van der Waals surface area contributed by atoms with Crippen molar-refractivity contribution in [2.75, 3.05) is 13.7 Å². The highest BCUT2D eigenvalue weighted by atomic mass is 32.1. The number of aromatic hydroxyl groups is 1. The second kappa shape index (κ2) is 8.99. The molecular weight excluding hydrogens is 478 g/mol. The lowest BCUT2D eigenvalue weighted by Crippen LogP contribution is -2.29. The summed E-state index contributed by atoms with van der Waals surface area (Å²) in [7, 11) is 3.38. The second-order valence-corrected chi connectivity index (χ2v) is 9.93. The zero-order valence-corrected chi connectivity index (χ0v) is 20.7. The predicted octanol–water partition coefficient (Wildman–Crippen LogP) is 3.18. The van der Waals surface area contributed by atoms with E-state index in [9.17, 15) is 9.90 Å². The topological polar surface area (TPSA) is 120 Å². The number of aromatic nitrogens is 6. The average molecular weight is 504 g/mol. The van der Waals surface area contributed by atoms with Gasteiger partial charge in [-0.2, -0.15) is 4.80 Å². The van der Waals surface area contributed by atoms with E-state index in [1.807, 2.05) is 18.2 Å². The molecule has 10 nitrogen and oxygen atoms in total. The molecule has 0 atom stereocenters. The Bertz CT molecular complexity index is 1650. The third kappa shape index (κ3) is 3.99. The number of hydrogen-bond donors (Lipinski definition) is 2. The van der Waals surface area contributed by atoms with Crippen LogP contribution in [0.5, 0.6) is 11.5 Å². The van der Waals surface area contributed by atoms with Crippen LogP contribution in [0.4, 0.5) is 0 Å². The summed E-state index contributed by atoms with van der Waals surface area (Å²) in [6.45, 7) is 1.36. The van der Waals surface area contributed by atoms with Gasteiger partial charge in [-0.25, -0.2) is 4.98 Å². The lowest BCUT2D eigenvalue weighted by molar-refractivity contribution is 0.414. The number of rotatable bonds is 8. The molecule has 3 heterocycles. The van der Waals surface area contributed by atoms with E-state index in [0.29, 0.717) is 52.1 Å². The summed E-state index contributed by atoms with van der Waals surface area (Å²) < 4.78 is 7.89. The van der Waals surface area contributed by atoms with Gasteiger partial charge in [-0.15, -0.1) is 21.5 Å². The van der Waals surface area contributed by atoms with Crippen molar-refractivity contribution in [2.24, 2.45) is 7.05 Å². The lowest BCUT2D eigenvalue weighted by atomic mass is 10.0. The maximum Gasteiger partial charge on any atom is 0.263 e. The van der Waals surface area contributed by atoms with Gasteiger partial charge in [-0.1, -0.05) is 12.1 Å². The minimum atomic E-state index is -0.121. The molecule has 1 aliphatic rings. The van der Waals surface area contributed by atoms with Gasteiger partial charge in [0.1, 0.15) is 22.2 Å². The largest absolute Gasteiger partial charge is 0.506 e. The molecule has 0 amide bonds. The fraction of sp³-hybridized carbons (Fsp3) is 0.320. The van der Waals surface area contributed by atoms with Crippen LogP contribution in [-0.4, -0.2) is 48.5 Å². The maximum absolute atomic E-state index is 14.0. The summed E-state index contributed by atoms with van der Waals surface area (Å²) in [5, 5.41) is 27.0. The molecule has 2 aromatic carbocycles. The second-order valence-electron chi connectivity index (χ2n) is 8.93. The van der Waals surface area contributed by atoms with E-state index in [1.54, 1.807) is 30.9 Å². The molecule has 2 N–H and O–H groups in total. The van der Waals surface area contributed by atoms with Crippen LogP contribution in [0.1, 0.15) is 30.1 Å². The molecule has 0 unspecified atom stereocenters. The highest BCUT2D eigenvalue weighted by Gasteiger charge is 2.29. The summed E-state index contributed by atoms with van der Waals surface area (Å²) in [6.07, 6.45) is 2.21. The monoisotopic (exact) mass is 503 g/mol. The Morgan fingerprint density at radius 2 is 2.11 bits per heavy atom. The van der Waals surface area contributed by atoms with Crippen molar-refractivity contribution in [3.8, 4) is 22.9 Å². The maximum atomic E-state index is 14.0. The van der Waals surface area contributed by atoms with E-state index in [2.05, 4.69) is 26.8 Å². The molecule has 1 aliphatic carbocycles. The summed E-state index contributed by atoms with van der Waals surface area (Å²) in [5.74, 6) is 2.60. The van der Waals surface area contributed by atoms with Crippen LogP contribution < -0.4 is 15.6 Å². The molecule has 184 valence electrons. The van der Waals surface area contributed by atoms with Crippen molar-refractivity contribution in [1.82, 2.24) is 35.1 Å². The molecule has 0 spiro atoms. The van der Waals surface area contributed by atoms with Gasteiger partial charge in [0.15, 0.2) is 5.82 Å². The molecule has 6 rings (SSSR count). The molecule has 1 fully saturated rings. The molecule has 1 saturated carbocycles. The number of aryl methyl sites for hydroxylation is 1. The predicted molar refractivity (Wildman–Crippen MR) is 138 cm³/mol. The molecule has 0 aliphatic heterocycles. The highest BCUT2D eigenvalue weighted by molar-refractivity contribution is 7.25. The fourth-order valence-corrected chi connectivity index (χ4v) is 5.64. The number of ether oxygens (including phenoxy) is 1. The Labute approximate surface area is 210 Å². The minimum Gasteiger partial charge on any atom is -0.506 e. The molecule has 36 heavy (non-hydrogen) atoms. The Morgan fingerprint density at radius 1 is 1.25 bits per heavy atom. The average Bonchev–Trinajstić information content (AvgIpc) is 3.54. The van der Waals surface area contributed by atoms with E-state index in [0.717, 1.165) is 35.1 Å². The van der Waals surface area contributed by atoms with Gasteiger partial charge < -0.3 is 15.2 Å². The number of hydrogen-bond acceptors (Lipinski definition) is 9. The van der Waals surface area contributed by atoms with Crippen molar-refractivity contribution in [2.45, 2.75) is 31.8 Å². The number of fused-ring (bicyclic) bond motifs is 3. The van der Waals surface area contributed by atoms with Crippen LogP contribution in [0, 0.1) is 0 Å². The van der Waals surface area contributed by atoms with Crippen LogP contribution in [0.3, 0.4) is 0 Å². The van der Waals surface area contributed by atoms with Crippen molar-refractivity contribution < 1.29 is 9.84 Å². The van der Waals surface area contributed by atoms with Gasteiger partial charge in [0.25, 0.3) is 5.56 Å². The van der Waals surface area contributed by atoms with Crippen LogP contribution >= 0.6 is 11.3 Å². The van der Waals surface area contributed by atoms with E-state index in [4.69, 9.17) is 9.72 Å². The number of nitrogens with zero attached hydrogens (tertiary/aromatic N) is 6. The molecule has 0 radical (unpaired) electrons. The summed E-state index contributed by atoms with van der Waals surface area (Å²) in [4.78, 5) is 21.0. The highest BCUT2D eigenvalue weighted by Crippen LogP contribution is 2.46. The van der Waals surface area contributed by atoms with Crippen LogP contribution in [0.2, 0.25) is 0 Å². The first-order chi connectivity index (χ1) is 17.5. The molecule has 3 aromatic heterocycles. The molecule has 11 heteroatoms. The number of tetrazole rings is 1. The summed E-state index contributed by atoms with van der Waals surface area (Å²) >= 11 is 1.34. The quantitative estimate of drug-likeness (QED) is 0.310. The van der Waals surface area contributed by atoms with Gasteiger partial charge in [-0.3, -0.25) is 9.36 Å². The normalized spacial score (nSPS) is 13.6. The van der Waals surface area contributed by atoms with Gasteiger partial charge in [0.2, 0.25) is 0 Å². The Balaban J connectivity index is 1.47. The number of methoxy groups -OCH3 is 1. The molecular formula is C25H25N7O3S. The van der Waals surface area contributed by atoms with E-state index in [1.165, 1.54) is 16.1 Å². The number of phenolic OH excluding ortho intramolecular Hbond substituents is 1. The van der Waals surface area contributed by atoms with E-state index in [-0.39, 0.29) is 11.3 Å². The van der Waals surface area contributed by atoms with Gasteiger partial charge in [-0.05, 0) is 53.8 Å². The number of benzene rings is 2. The Morgan fingerprint density at radius 3 is 2.86 bits per heavy atom. The summed E-state index contributed by atoms with van der Waals surface area (Å²) in [6, 6.07) is 11.2. The van der Waals surface area contributed by atoms with Crippen LogP contribution in [0.25, 0.3) is 31.7 Å². The third-order valence-corrected chi connectivity index (χ3v) is 7.58. The SMILES string of the molecule is COc1ccc(-c2nc3sc4c(O)cccc4c3c(=O)n2CCNCc2nnn(C)n2)c(C2CC2)c1. The first kappa shape index (κ1) is 22.6. The zero-order chi connectivity index (χ0) is 24.8. The minimum absolute atomic E-state index is 0.121. The first-order valence-corrected chi connectivity index (χ1v) is 12.6. The van der Waals surface area contributed by atoms with Crippen molar-refractivity contribution in [3.63, 3.8) is 0 Å². The van der Waals surface area contributed by atoms with Crippen LogP contribution in [0.15, 0.2) is 41.2 Å². The van der Waals surface area contributed by atoms with Crippen molar-refractivity contribution in [1.29, 1.82) is 0 Å². The lowest BCUT2D eigenvalue weighted by Gasteiger charge is -2.16. The van der Waals surface area contributed by atoms with Gasteiger partial charge in [0, 0.05) is 24.0 Å². The Kier molecular flexibility index (Phi) is 5.65. The molecule has 5 aromatic rings. The molecule has 0 saturated heterocycles. The smallest absolute Gasteiger partial charge is 0.263 e. The fourth-order valence-electron chi connectivity index (χ4n) is 4.57. The number of phenols is 1. The standard InChI is InChI=1S/C25H25N7O3S/c1-31-29-20(28-30-31)13-26-10-11-32-23(16-9-8-15(35-2)12-18(16)14-6-7-14)27-24-21(25(32)34)17-4-3-5-19(33)22(17)36-24/h3-5,8-9,12,14,26,33H,6-7,10-11,13H2,1-2H3. The third-order valence-electron chi connectivity index (χ3n) is 6.46. The molecule has 0 bridgehead atoms. The van der Waals surface area contributed by atoms with Crippen LogP contribution in [-0.2, 0) is 20.1 Å². The van der Waals surface area contributed by atoms with Crippen molar-refractivity contribution in [3.05, 3.63) is 58.1 Å². The number of thiophene rings is 1. The Hall–Kier alpha value is -3.83. The van der Waals surface area contributed by atoms with E-state index >= 15 is 0 Å². The van der Waals surface area contributed by atoms with Gasteiger partial charge >= 0.3 is 0 Å². The van der Waals surface area contributed by atoms with Gasteiger partial charge in [0.05, 0.1) is 30.8 Å². The van der Waals surface area contributed by atoms with E-state index < -0.39 is 0 Å². The zero-order valence-electron chi connectivity index (χ0n) is 19.9. The van der Waals surface area contributed by atoms with Crippen molar-refractivity contribution >= 4 is 31.6 Å².